The van der Waals surface area contributed by atoms with Gasteiger partial charge in [0.05, 0.1) is 13.2 Å². The molecule has 0 aliphatic carbocycles. The second-order valence-corrected chi connectivity index (χ2v) is 8.04. The first-order chi connectivity index (χ1) is 14.2. The smallest absolute Gasteiger partial charge is 0.227 e. The maximum absolute atomic E-state index is 5.46. The first-order valence-corrected chi connectivity index (χ1v) is 10.7. The Morgan fingerprint density at radius 3 is 2.83 bits per heavy atom. The van der Waals surface area contributed by atoms with E-state index in [-0.39, 0.29) is 0 Å². The minimum Gasteiger partial charge on any atom is -0.378 e. The van der Waals surface area contributed by atoms with Gasteiger partial charge in [-0.2, -0.15) is 4.98 Å². The zero-order valence-corrected chi connectivity index (χ0v) is 17.6. The molecule has 2 aromatic rings. The van der Waals surface area contributed by atoms with E-state index in [2.05, 4.69) is 56.8 Å². The first kappa shape index (κ1) is 20.0. The van der Waals surface area contributed by atoms with Crippen LogP contribution in [0.1, 0.15) is 24.2 Å². The molecule has 2 aromatic heterocycles. The van der Waals surface area contributed by atoms with Gasteiger partial charge in [-0.15, -0.1) is 0 Å². The fourth-order valence-corrected chi connectivity index (χ4v) is 4.20. The second kappa shape index (κ2) is 9.50. The number of morpholine rings is 1. The quantitative estimate of drug-likeness (QED) is 0.742. The number of likely N-dealkylation sites (N-methyl/N-ethyl adjacent to an activating group) is 1. The molecule has 4 rings (SSSR count). The van der Waals surface area contributed by atoms with E-state index in [0.29, 0.717) is 6.04 Å². The van der Waals surface area contributed by atoms with Gasteiger partial charge in [-0.05, 0) is 44.5 Å². The largest absolute Gasteiger partial charge is 0.378 e. The maximum atomic E-state index is 5.46. The van der Waals surface area contributed by atoms with Crippen molar-refractivity contribution < 1.29 is 4.74 Å². The normalized spacial score (nSPS) is 20.6. The molecule has 156 valence electrons. The van der Waals surface area contributed by atoms with Gasteiger partial charge in [0.25, 0.3) is 0 Å². The van der Waals surface area contributed by atoms with Crippen molar-refractivity contribution in [1.29, 1.82) is 0 Å². The van der Waals surface area contributed by atoms with E-state index >= 15 is 0 Å². The number of ether oxygens (including phenoxy) is 1. The molecule has 0 amide bonds. The van der Waals surface area contributed by atoms with E-state index in [0.717, 1.165) is 69.8 Å². The summed E-state index contributed by atoms with van der Waals surface area (Å²) in [7, 11) is 2.13. The number of aryl methyl sites for hydroxylation is 1. The number of likely N-dealkylation sites (tertiary alicyclic amines) is 1. The van der Waals surface area contributed by atoms with Crippen LogP contribution in [0.3, 0.4) is 0 Å². The fourth-order valence-electron chi connectivity index (χ4n) is 4.20. The predicted molar refractivity (Wildman–Crippen MR) is 116 cm³/mol. The van der Waals surface area contributed by atoms with E-state index in [9.17, 15) is 0 Å². The molecule has 2 fully saturated rings. The first-order valence-electron chi connectivity index (χ1n) is 10.7. The van der Waals surface area contributed by atoms with Crippen LogP contribution in [0.15, 0.2) is 30.5 Å². The number of anilines is 2. The summed E-state index contributed by atoms with van der Waals surface area (Å²) in [6.45, 7) is 8.63. The van der Waals surface area contributed by atoms with Crippen LogP contribution in [0.2, 0.25) is 0 Å². The number of nitrogens with zero attached hydrogens (tertiary/aromatic N) is 6. The Hall–Kier alpha value is -2.25. The molecule has 4 heterocycles. The zero-order valence-electron chi connectivity index (χ0n) is 17.6. The Bertz CT molecular complexity index is 794. The summed E-state index contributed by atoms with van der Waals surface area (Å²) < 4.78 is 5.46. The van der Waals surface area contributed by atoms with E-state index in [1.54, 1.807) is 0 Å². The molecule has 29 heavy (non-hydrogen) atoms. The Morgan fingerprint density at radius 1 is 1.14 bits per heavy atom. The van der Waals surface area contributed by atoms with E-state index in [1.807, 2.05) is 12.3 Å². The van der Waals surface area contributed by atoms with Crippen molar-refractivity contribution in [3.63, 3.8) is 0 Å². The van der Waals surface area contributed by atoms with Gasteiger partial charge in [0.15, 0.2) is 0 Å². The Morgan fingerprint density at radius 2 is 2.00 bits per heavy atom. The van der Waals surface area contributed by atoms with Gasteiger partial charge in [-0.3, -0.25) is 4.98 Å². The third-order valence-corrected chi connectivity index (χ3v) is 5.94. The van der Waals surface area contributed by atoms with Crippen LogP contribution in [-0.2, 0) is 11.2 Å². The average Bonchev–Trinajstić information content (AvgIpc) is 2.78. The third kappa shape index (κ3) is 5.22. The molecule has 0 aromatic carbocycles. The third-order valence-electron chi connectivity index (χ3n) is 5.94. The van der Waals surface area contributed by atoms with Gasteiger partial charge < -0.3 is 19.4 Å². The van der Waals surface area contributed by atoms with Crippen molar-refractivity contribution in [1.82, 2.24) is 19.9 Å². The van der Waals surface area contributed by atoms with Crippen LogP contribution in [0, 0.1) is 6.92 Å². The molecule has 0 bridgehead atoms. The van der Waals surface area contributed by atoms with E-state index in [1.165, 1.54) is 18.5 Å². The zero-order chi connectivity index (χ0) is 20.1. The summed E-state index contributed by atoms with van der Waals surface area (Å²) in [5.41, 5.74) is 2.28. The molecule has 7 heteroatoms. The standard InChI is InChI=1S/C22H32N6O/c1-18-5-3-6-19(24-18)9-12-27-11-4-7-20(17-27)26(2)22-23-10-8-21(25-22)28-13-15-29-16-14-28/h3,5-6,8,10,20H,4,7,9,11-17H2,1-2H3. The number of hydrogen-bond donors (Lipinski definition) is 0. The molecule has 2 aliphatic heterocycles. The van der Waals surface area contributed by atoms with Crippen LogP contribution in [0.25, 0.3) is 0 Å². The molecule has 0 N–H and O–H groups in total. The molecule has 2 aliphatic rings. The number of rotatable bonds is 6. The van der Waals surface area contributed by atoms with Crippen molar-refractivity contribution >= 4 is 11.8 Å². The van der Waals surface area contributed by atoms with Crippen LogP contribution in [0.4, 0.5) is 11.8 Å². The highest BCUT2D eigenvalue weighted by Crippen LogP contribution is 2.21. The summed E-state index contributed by atoms with van der Waals surface area (Å²) in [6.07, 6.45) is 5.27. The van der Waals surface area contributed by atoms with E-state index in [4.69, 9.17) is 9.72 Å². The summed E-state index contributed by atoms with van der Waals surface area (Å²) >= 11 is 0. The number of piperidine rings is 1. The topological polar surface area (TPSA) is 57.6 Å². The van der Waals surface area contributed by atoms with E-state index < -0.39 is 0 Å². The monoisotopic (exact) mass is 396 g/mol. The number of aromatic nitrogens is 3. The lowest BCUT2D eigenvalue weighted by Crippen LogP contribution is -2.47. The van der Waals surface area contributed by atoms with Gasteiger partial charge in [0, 0.05) is 63.3 Å². The van der Waals surface area contributed by atoms with Crippen molar-refractivity contribution in [2.45, 2.75) is 32.2 Å². The summed E-state index contributed by atoms with van der Waals surface area (Å²) in [5, 5.41) is 0. The lowest BCUT2D eigenvalue weighted by Gasteiger charge is -2.38. The highest BCUT2D eigenvalue weighted by atomic mass is 16.5. The Labute approximate surface area is 173 Å². The average molecular weight is 397 g/mol. The van der Waals surface area contributed by atoms with Crippen LogP contribution >= 0.6 is 0 Å². The Kier molecular flexibility index (Phi) is 6.56. The number of hydrogen-bond acceptors (Lipinski definition) is 7. The molecule has 2 saturated heterocycles. The lowest BCUT2D eigenvalue weighted by molar-refractivity contribution is 0.122. The Balaban J connectivity index is 1.36. The van der Waals surface area contributed by atoms with Gasteiger partial charge in [-0.1, -0.05) is 6.07 Å². The highest BCUT2D eigenvalue weighted by molar-refractivity contribution is 5.44. The minimum atomic E-state index is 0.439. The molecule has 7 nitrogen and oxygen atoms in total. The summed E-state index contributed by atoms with van der Waals surface area (Å²) in [4.78, 5) is 21.2. The van der Waals surface area contributed by atoms with Gasteiger partial charge in [0.1, 0.15) is 5.82 Å². The summed E-state index contributed by atoms with van der Waals surface area (Å²) in [6, 6.07) is 8.73. The maximum Gasteiger partial charge on any atom is 0.227 e. The SMILES string of the molecule is Cc1cccc(CCN2CCCC(N(C)c3nccc(N4CCOCC4)n3)C2)n1. The molecule has 1 unspecified atom stereocenters. The van der Waals surface area contributed by atoms with Crippen molar-refractivity contribution in [3.8, 4) is 0 Å². The number of pyridine rings is 1. The van der Waals surface area contributed by atoms with Crippen LogP contribution in [0.5, 0.6) is 0 Å². The van der Waals surface area contributed by atoms with Crippen LogP contribution < -0.4 is 9.80 Å². The van der Waals surface area contributed by atoms with Crippen LogP contribution in [-0.4, -0.2) is 78.9 Å². The van der Waals surface area contributed by atoms with Gasteiger partial charge in [0.2, 0.25) is 5.95 Å². The molecule has 0 saturated carbocycles. The molecular weight excluding hydrogens is 364 g/mol. The van der Waals surface area contributed by atoms with Gasteiger partial charge >= 0.3 is 0 Å². The molecular formula is C22H32N6O. The molecule has 0 spiro atoms. The second-order valence-electron chi connectivity index (χ2n) is 8.04. The molecule has 1 atom stereocenters. The lowest BCUT2D eigenvalue weighted by atomic mass is 10.0. The van der Waals surface area contributed by atoms with Crippen molar-refractivity contribution in [3.05, 3.63) is 41.9 Å². The predicted octanol–water partition coefficient (Wildman–Crippen LogP) is 2.16. The van der Waals surface area contributed by atoms with Gasteiger partial charge in [-0.25, -0.2) is 4.98 Å². The minimum absolute atomic E-state index is 0.439. The van der Waals surface area contributed by atoms with Crippen molar-refractivity contribution in [2.75, 3.05) is 62.8 Å². The summed E-state index contributed by atoms with van der Waals surface area (Å²) in [5.74, 6) is 1.82. The molecule has 0 radical (unpaired) electrons. The van der Waals surface area contributed by atoms with Crippen molar-refractivity contribution in [2.24, 2.45) is 0 Å². The highest BCUT2D eigenvalue weighted by Gasteiger charge is 2.25. The fraction of sp³-hybridized carbons (Fsp3) is 0.591.